The molecule has 27 heavy (non-hydrogen) atoms. The quantitative estimate of drug-likeness (QED) is 0.335. The van der Waals surface area contributed by atoms with Crippen molar-refractivity contribution in [2.75, 3.05) is 0 Å². The maximum absolute atomic E-state index is 12.2. The predicted molar refractivity (Wildman–Crippen MR) is 94.5 cm³/mol. The van der Waals surface area contributed by atoms with Crippen molar-refractivity contribution in [1.29, 1.82) is 0 Å². The molecule has 2 atom stereocenters. The van der Waals surface area contributed by atoms with E-state index in [2.05, 4.69) is 5.32 Å². The molecular formula is C18H20N2O7. The van der Waals surface area contributed by atoms with E-state index in [-0.39, 0.29) is 30.1 Å². The summed E-state index contributed by atoms with van der Waals surface area (Å²) < 4.78 is 0. The minimum absolute atomic E-state index is 0.0199. The molecule has 8 N–H and O–H groups in total. The molecule has 0 unspecified atom stereocenters. The minimum Gasteiger partial charge on any atom is -0.504 e. The lowest BCUT2D eigenvalue weighted by Crippen LogP contribution is -2.50. The van der Waals surface area contributed by atoms with Crippen LogP contribution in [0.15, 0.2) is 36.4 Å². The molecule has 0 bridgehead atoms. The average molecular weight is 376 g/mol. The van der Waals surface area contributed by atoms with Gasteiger partial charge in [-0.25, -0.2) is 4.79 Å². The Hall–Kier alpha value is -3.46. The van der Waals surface area contributed by atoms with Crippen molar-refractivity contribution in [3.63, 3.8) is 0 Å². The summed E-state index contributed by atoms with van der Waals surface area (Å²) in [7, 11) is 0. The Balaban J connectivity index is 2.03. The van der Waals surface area contributed by atoms with E-state index in [1.807, 2.05) is 0 Å². The van der Waals surface area contributed by atoms with Crippen LogP contribution in [0.5, 0.6) is 23.0 Å². The van der Waals surface area contributed by atoms with Crippen molar-refractivity contribution >= 4 is 11.9 Å². The molecule has 0 aliphatic heterocycles. The van der Waals surface area contributed by atoms with Crippen LogP contribution >= 0.6 is 0 Å². The second kappa shape index (κ2) is 8.28. The van der Waals surface area contributed by atoms with Gasteiger partial charge in [0.05, 0.1) is 6.04 Å². The molecule has 0 aromatic heterocycles. The SMILES string of the molecule is N[C@H](Cc1ccc(O)c(O)c1)C(=O)N[C@@H](Cc1ccc(O)c(O)c1)C(=O)O. The third-order valence-electron chi connectivity index (χ3n) is 3.93. The molecule has 0 spiro atoms. The van der Waals surface area contributed by atoms with E-state index >= 15 is 0 Å². The maximum Gasteiger partial charge on any atom is 0.326 e. The lowest BCUT2D eigenvalue weighted by atomic mass is 10.0. The van der Waals surface area contributed by atoms with Crippen molar-refractivity contribution in [2.24, 2.45) is 5.73 Å². The van der Waals surface area contributed by atoms with Gasteiger partial charge in [-0.05, 0) is 41.8 Å². The van der Waals surface area contributed by atoms with E-state index in [0.717, 1.165) is 0 Å². The lowest BCUT2D eigenvalue weighted by Gasteiger charge is -2.18. The number of hydrogen-bond donors (Lipinski definition) is 7. The highest BCUT2D eigenvalue weighted by Gasteiger charge is 2.24. The molecule has 2 aromatic rings. The van der Waals surface area contributed by atoms with Crippen LogP contribution in [0.25, 0.3) is 0 Å². The van der Waals surface area contributed by atoms with E-state index in [1.54, 1.807) is 0 Å². The van der Waals surface area contributed by atoms with E-state index < -0.39 is 29.7 Å². The smallest absolute Gasteiger partial charge is 0.326 e. The molecule has 0 fully saturated rings. The van der Waals surface area contributed by atoms with Gasteiger partial charge in [-0.3, -0.25) is 4.79 Å². The molecular weight excluding hydrogens is 356 g/mol. The third-order valence-corrected chi connectivity index (χ3v) is 3.93. The second-order valence-electron chi connectivity index (χ2n) is 6.06. The molecule has 2 rings (SSSR count). The molecule has 0 aliphatic carbocycles. The molecule has 9 nitrogen and oxygen atoms in total. The summed E-state index contributed by atoms with van der Waals surface area (Å²) in [5.41, 5.74) is 6.69. The number of rotatable bonds is 7. The van der Waals surface area contributed by atoms with Gasteiger partial charge in [-0.2, -0.15) is 0 Å². The minimum atomic E-state index is -1.29. The van der Waals surface area contributed by atoms with Crippen LogP contribution in [0.2, 0.25) is 0 Å². The highest BCUT2D eigenvalue weighted by Crippen LogP contribution is 2.26. The van der Waals surface area contributed by atoms with Crippen LogP contribution in [0.1, 0.15) is 11.1 Å². The number of aliphatic carboxylic acids is 1. The van der Waals surface area contributed by atoms with Crippen molar-refractivity contribution < 1.29 is 35.1 Å². The highest BCUT2D eigenvalue weighted by atomic mass is 16.4. The van der Waals surface area contributed by atoms with E-state index in [0.29, 0.717) is 11.1 Å². The molecule has 0 aliphatic rings. The zero-order valence-electron chi connectivity index (χ0n) is 14.2. The van der Waals surface area contributed by atoms with Crippen molar-refractivity contribution in [3.05, 3.63) is 47.5 Å². The van der Waals surface area contributed by atoms with Gasteiger partial charge in [0.2, 0.25) is 5.91 Å². The van der Waals surface area contributed by atoms with Crippen LogP contribution in [0, 0.1) is 0 Å². The fourth-order valence-corrected chi connectivity index (χ4v) is 2.45. The number of amides is 1. The van der Waals surface area contributed by atoms with Crippen LogP contribution in [-0.2, 0) is 22.4 Å². The molecule has 1 amide bonds. The molecule has 0 radical (unpaired) electrons. The van der Waals surface area contributed by atoms with E-state index in [1.165, 1.54) is 36.4 Å². The number of phenols is 4. The highest BCUT2D eigenvalue weighted by molar-refractivity contribution is 5.87. The number of phenolic OH excluding ortho intramolecular Hbond substituents is 4. The Kier molecular flexibility index (Phi) is 6.09. The zero-order valence-corrected chi connectivity index (χ0v) is 14.2. The topological polar surface area (TPSA) is 173 Å². The summed E-state index contributed by atoms with van der Waals surface area (Å²) in [4.78, 5) is 23.7. The monoisotopic (exact) mass is 376 g/mol. The molecule has 144 valence electrons. The van der Waals surface area contributed by atoms with Gasteiger partial charge in [-0.15, -0.1) is 0 Å². The first kappa shape index (κ1) is 19.9. The van der Waals surface area contributed by atoms with Gasteiger partial charge >= 0.3 is 5.97 Å². The Morgan fingerprint density at radius 2 is 1.33 bits per heavy atom. The van der Waals surface area contributed by atoms with E-state index in [4.69, 9.17) is 5.73 Å². The molecule has 2 aromatic carbocycles. The largest absolute Gasteiger partial charge is 0.504 e. The average Bonchev–Trinajstić information content (AvgIpc) is 2.60. The first-order valence-corrected chi connectivity index (χ1v) is 7.98. The number of carbonyl (C=O) groups is 2. The van der Waals surface area contributed by atoms with Crippen LogP contribution < -0.4 is 11.1 Å². The third kappa shape index (κ3) is 5.25. The van der Waals surface area contributed by atoms with Crippen LogP contribution in [-0.4, -0.2) is 49.5 Å². The van der Waals surface area contributed by atoms with Crippen LogP contribution in [0.3, 0.4) is 0 Å². The normalized spacial score (nSPS) is 12.9. The Labute approximate surface area is 154 Å². The number of hydrogen-bond acceptors (Lipinski definition) is 7. The molecule has 9 heteroatoms. The summed E-state index contributed by atoms with van der Waals surface area (Å²) in [6.07, 6.45) is -0.104. The van der Waals surface area contributed by atoms with Crippen molar-refractivity contribution in [1.82, 2.24) is 5.32 Å². The number of aromatic hydroxyl groups is 4. The number of carboxylic acid groups (broad SMARTS) is 1. The standard InChI is InChI=1S/C18H20N2O7/c19-11(5-9-1-3-13(21)15(23)7-9)17(25)20-12(18(26)27)6-10-2-4-14(22)16(24)8-10/h1-4,7-8,11-12,21-24H,5-6,19H2,(H,20,25)(H,26,27)/t11-,12+/m1/s1. The number of carboxylic acids is 1. The molecule has 0 saturated heterocycles. The summed E-state index contributed by atoms with van der Waals surface area (Å²) in [5.74, 6) is -3.39. The molecule has 0 saturated carbocycles. The van der Waals surface area contributed by atoms with Gasteiger partial charge in [0, 0.05) is 6.42 Å². The Morgan fingerprint density at radius 3 is 1.78 bits per heavy atom. The predicted octanol–water partition coefficient (Wildman–Crippen LogP) is 0.191. The number of nitrogens with two attached hydrogens (primary N) is 1. The number of nitrogens with one attached hydrogen (secondary N) is 1. The zero-order chi connectivity index (χ0) is 20.1. The Morgan fingerprint density at radius 1 is 0.852 bits per heavy atom. The van der Waals surface area contributed by atoms with Gasteiger partial charge < -0.3 is 36.6 Å². The first-order chi connectivity index (χ1) is 12.7. The summed E-state index contributed by atoms with van der Waals surface area (Å²) in [5, 5.41) is 49.2. The second-order valence-corrected chi connectivity index (χ2v) is 6.06. The lowest BCUT2D eigenvalue weighted by molar-refractivity contribution is -0.141. The molecule has 0 heterocycles. The van der Waals surface area contributed by atoms with Gasteiger partial charge in [0.1, 0.15) is 6.04 Å². The van der Waals surface area contributed by atoms with Crippen molar-refractivity contribution in [2.45, 2.75) is 24.9 Å². The number of carbonyl (C=O) groups excluding carboxylic acids is 1. The summed E-state index contributed by atoms with van der Waals surface area (Å²) in [6, 6.07) is 5.48. The summed E-state index contributed by atoms with van der Waals surface area (Å²) >= 11 is 0. The Bertz CT molecular complexity index is 854. The summed E-state index contributed by atoms with van der Waals surface area (Å²) in [6.45, 7) is 0. The number of benzene rings is 2. The van der Waals surface area contributed by atoms with Gasteiger partial charge in [-0.1, -0.05) is 12.1 Å². The van der Waals surface area contributed by atoms with Crippen molar-refractivity contribution in [3.8, 4) is 23.0 Å². The maximum atomic E-state index is 12.2. The first-order valence-electron chi connectivity index (χ1n) is 7.98. The fourth-order valence-electron chi connectivity index (χ4n) is 2.45. The fraction of sp³-hybridized carbons (Fsp3) is 0.222. The van der Waals surface area contributed by atoms with E-state index in [9.17, 15) is 35.1 Å². The van der Waals surface area contributed by atoms with Gasteiger partial charge in [0.15, 0.2) is 23.0 Å². The van der Waals surface area contributed by atoms with Gasteiger partial charge in [0.25, 0.3) is 0 Å². The van der Waals surface area contributed by atoms with Crippen LogP contribution in [0.4, 0.5) is 0 Å².